The molecule has 118 valence electrons. The van der Waals surface area contributed by atoms with Gasteiger partial charge in [0.25, 0.3) is 0 Å². The van der Waals surface area contributed by atoms with Crippen LogP contribution in [0.15, 0.2) is 12.5 Å². The quantitative estimate of drug-likeness (QED) is 0.926. The van der Waals surface area contributed by atoms with Crippen LogP contribution in [0.25, 0.3) is 0 Å². The number of alkyl carbamates (subject to hydrolysis) is 1. The fourth-order valence-corrected chi connectivity index (χ4v) is 2.44. The van der Waals surface area contributed by atoms with Crippen LogP contribution >= 0.6 is 0 Å². The average molecular weight is 295 g/mol. The highest BCUT2D eigenvalue weighted by molar-refractivity contribution is 5.67. The zero-order chi connectivity index (χ0) is 15.5. The van der Waals surface area contributed by atoms with Gasteiger partial charge in [-0.1, -0.05) is 0 Å². The van der Waals surface area contributed by atoms with Gasteiger partial charge in [0.1, 0.15) is 5.60 Å². The topological polar surface area (TPSA) is 65.4 Å². The second-order valence-electron chi connectivity index (χ2n) is 6.77. The number of hydrogen-bond donors (Lipinski definition) is 1. The lowest BCUT2D eigenvalue weighted by atomic mass is 10.0. The van der Waals surface area contributed by atoms with Crippen molar-refractivity contribution in [3.63, 3.8) is 0 Å². The van der Waals surface area contributed by atoms with Gasteiger partial charge in [-0.15, -0.1) is 0 Å². The Bertz CT molecular complexity index is 485. The molecule has 1 amide bonds. The maximum absolute atomic E-state index is 11.7. The highest BCUT2D eigenvalue weighted by Gasteiger charge is 2.30. The summed E-state index contributed by atoms with van der Waals surface area (Å²) in [6.45, 7) is 9.60. The molecular weight excluding hydrogens is 270 g/mol. The molecule has 1 aliphatic rings. The number of aromatic nitrogens is 2. The van der Waals surface area contributed by atoms with Crippen LogP contribution in [0.2, 0.25) is 0 Å². The number of carbonyl (C=O) groups is 1. The SMILES string of the molecule is CC(C)(C)OC(=O)NCc1cncn1CC1(C)CCCO1. The smallest absolute Gasteiger partial charge is 0.407 e. The predicted molar refractivity (Wildman–Crippen MR) is 78.9 cm³/mol. The van der Waals surface area contributed by atoms with E-state index in [0.717, 1.165) is 31.7 Å². The van der Waals surface area contributed by atoms with Gasteiger partial charge >= 0.3 is 6.09 Å². The largest absolute Gasteiger partial charge is 0.444 e. The monoisotopic (exact) mass is 295 g/mol. The van der Waals surface area contributed by atoms with Crippen LogP contribution in [0.5, 0.6) is 0 Å². The van der Waals surface area contributed by atoms with Crippen molar-refractivity contribution in [2.75, 3.05) is 6.61 Å². The fraction of sp³-hybridized carbons (Fsp3) is 0.733. The van der Waals surface area contributed by atoms with E-state index < -0.39 is 11.7 Å². The number of imidazole rings is 1. The van der Waals surface area contributed by atoms with Crippen molar-refractivity contribution in [1.29, 1.82) is 0 Å². The lowest BCUT2D eigenvalue weighted by Gasteiger charge is -2.25. The number of nitrogens with one attached hydrogen (secondary N) is 1. The summed E-state index contributed by atoms with van der Waals surface area (Å²) < 4.78 is 13.1. The molecule has 1 unspecified atom stereocenters. The summed E-state index contributed by atoms with van der Waals surface area (Å²) >= 11 is 0. The zero-order valence-electron chi connectivity index (χ0n) is 13.3. The van der Waals surface area contributed by atoms with Gasteiger partial charge in [-0.3, -0.25) is 0 Å². The van der Waals surface area contributed by atoms with Crippen LogP contribution in [0.3, 0.4) is 0 Å². The minimum atomic E-state index is -0.491. The maximum Gasteiger partial charge on any atom is 0.407 e. The van der Waals surface area contributed by atoms with Crippen LogP contribution in [0.1, 0.15) is 46.2 Å². The first-order valence-corrected chi connectivity index (χ1v) is 7.37. The summed E-state index contributed by atoms with van der Waals surface area (Å²) in [7, 11) is 0. The van der Waals surface area contributed by atoms with E-state index >= 15 is 0 Å². The maximum atomic E-state index is 11.7. The third-order valence-corrected chi connectivity index (χ3v) is 3.42. The summed E-state index contributed by atoms with van der Waals surface area (Å²) in [4.78, 5) is 15.8. The van der Waals surface area contributed by atoms with E-state index in [0.29, 0.717) is 6.54 Å². The number of hydrogen-bond acceptors (Lipinski definition) is 4. The summed E-state index contributed by atoms with van der Waals surface area (Å²) in [6.07, 6.45) is 5.26. The molecule has 0 aromatic carbocycles. The Hall–Kier alpha value is -1.56. The Morgan fingerprint density at radius 3 is 2.95 bits per heavy atom. The Morgan fingerprint density at radius 2 is 2.33 bits per heavy atom. The van der Waals surface area contributed by atoms with Gasteiger partial charge in [-0.25, -0.2) is 9.78 Å². The second kappa shape index (κ2) is 6.05. The standard InChI is InChI=1S/C15H25N3O3/c1-14(2,3)21-13(19)17-9-12-8-16-11-18(12)10-15(4)6-5-7-20-15/h8,11H,5-7,9-10H2,1-4H3,(H,17,19). The summed E-state index contributed by atoms with van der Waals surface area (Å²) in [5.41, 5.74) is 0.314. The number of nitrogens with zero attached hydrogens (tertiary/aromatic N) is 2. The van der Waals surface area contributed by atoms with E-state index in [9.17, 15) is 4.79 Å². The van der Waals surface area contributed by atoms with Crippen molar-refractivity contribution in [3.8, 4) is 0 Å². The van der Waals surface area contributed by atoms with Crippen LogP contribution in [0.4, 0.5) is 4.79 Å². The lowest BCUT2D eigenvalue weighted by Crippen LogP contribution is -2.34. The van der Waals surface area contributed by atoms with Gasteiger partial charge in [0.15, 0.2) is 0 Å². The van der Waals surface area contributed by atoms with Gasteiger partial charge in [-0.2, -0.15) is 0 Å². The van der Waals surface area contributed by atoms with Crippen molar-refractivity contribution in [1.82, 2.24) is 14.9 Å². The molecule has 1 saturated heterocycles. The van der Waals surface area contributed by atoms with Crippen LogP contribution in [-0.2, 0) is 22.6 Å². The van der Waals surface area contributed by atoms with E-state index in [-0.39, 0.29) is 5.60 Å². The van der Waals surface area contributed by atoms with Crippen LogP contribution < -0.4 is 5.32 Å². The Morgan fingerprint density at radius 1 is 1.57 bits per heavy atom. The normalized spacial score (nSPS) is 22.3. The Labute approximate surface area is 125 Å². The molecular formula is C15H25N3O3. The van der Waals surface area contributed by atoms with E-state index in [4.69, 9.17) is 9.47 Å². The van der Waals surface area contributed by atoms with Crippen LogP contribution in [0, 0.1) is 0 Å². The van der Waals surface area contributed by atoms with E-state index in [1.54, 1.807) is 12.5 Å². The molecule has 6 nitrogen and oxygen atoms in total. The summed E-state index contributed by atoms with van der Waals surface area (Å²) in [5, 5.41) is 2.76. The molecule has 2 heterocycles. The zero-order valence-corrected chi connectivity index (χ0v) is 13.3. The number of rotatable bonds is 4. The number of carbonyl (C=O) groups excluding carboxylic acids is 1. The van der Waals surface area contributed by atoms with Crippen molar-refractivity contribution in [2.24, 2.45) is 0 Å². The average Bonchev–Trinajstić information content (AvgIpc) is 2.94. The molecule has 1 aliphatic heterocycles. The van der Waals surface area contributed by atoms with E-state index in [2.05, 4.69) is 17.2 Å². The minimum Gasteiger partial charge on any atom is -0.444 e. The van der Waals surface area contributed by atoms with Crippen LogP contribution in [-0.4, -0.2) is 33.5 Å². The van der Waals surface area contributed by atoms with Gasteiger partial charge in [0.05, 0.1) is 30.7 Å². The van der Waals surface area contributed by atoms with Gasteiger partial charge in [0, 0.05) is 12.8 Å². The molecule has 1 atom stereocenters. The minimum absolute atomic E-state index is 0.138. The molecule has 1 fully saturated rings. The molecule has 2 rings (SSSR count). The van der Waals surface area contributed by atoms with Gasteiger partial charge in [0.2, 0.25) is 0 Å². The van der Waals surface area contributed by atoms with Crippen molar-refractivity contribution >= 4 is 6.09 Å². The first-order valence-electron chi connectivity index (χ1n) is 7.37. The molecule has 21 heavy (non-hydrogen) atoms. The third kappa shape index (κ3) is 4.74. The predicted octanol–water partition coefficient (Wildman–Crippen LogP) is 2.48. The highest BCUT2D eigenvalue weighted by Crippen LogP contribution is 2.27. The second-order valence-corrected chi connectivity index (χ2v) is 6.77. The first-order chi connectivity index (χ1) is 9.77. The molecule has 0 radical (unpaired) electrons. The number of amides is 1. The molecule has 0 bridgehead atoms. The summed E-state index contributed by atoms with van der Waals surface area (Å²) in [6, 6.07) is 0. The van der Waals surface area contributed by atoms with E-state index in [1.807, 2.05) is 25.3 Å². The highest BCUT2D eigenvalue weighted by atomic mass is 16.6. The molecule has 0 saturated carbocycles. The van der Waals surface area contributed by atoms with E-state index in [1.165, 1.54) is 0 Å². The lowest BCUT2D eigenvalue weighted by molar-refractivity contribution is 0.00560. The molecule has 1 aromatic heterocycles. The van der Waals surface area contributed by atoms with Gasteiger partial charge in [-0.05, 0) is 40.5 Å². The first kappa shape index (κ1) is 15.8. The Kier molecular flexibility index (Phi) is 4.56. The summed E-state index contributed by atoms with van der Waals surface area (Å²) in [5.74, 6) is 0. The molecule has 1 N–H and O–H groups in total. The molecule has 0 aliphatic carbocycles. The number of ether oxygens (including phenoxy) is 2. The molecule has 1 aromatic rings. The fourth-order valence-electron chi connectivity index (χ4n) is 2.44. The third-order valence-electron chi connectivity index (χ3n) is 3.42. The molecule has 0 spiro atoms. The van der Waals surface area contributed by atoms with Gasteiger partial charge < -0.3 is 19.4 Å². The van der Waals surface area contributed by atoms with Crippen molar-refractivity contribution in [2.45, 2.75) is 64.8 Å². The molecule has 6 heteroatoms. The van der Waals surface area contributed by atoms with Crippen molar-refractivity contribution in [3.05, 3.63) is 18.2 Å². The Balaban J connectivity index is 1.90. The van der Waals surface area contributed by atoms with Crippen molar-refractivity contribution < 1.29 is 14.3 Å².